The average Bonchev–Trinajstić information content (AvgIpc) is 3.02. The summed E-state index contributed by atoms with van der Waals surface area (Å²) < 4.78 is 3.06. The summed E-state index contributed by atoms with van der Waals surface area (Å²) in [5.41, 5.74) is 4.10. The molecule has 0 saturated carbocycles. The minimum absolute atomic E-state index is 0.181. The summed E-state index contributed by atoms with van der Waals surface area (Å²) in [6.07, 6.45) is 0.836. The molecule has 3 aromatic rings. The molecule has 0 amide bonds. The van der Waals surface area contributed by atoms with Crippen molar-refractivity contribution < 1.29 is 5.11 Å². The summed E-state index contributed by atoms with van der Waals surface area (Å²) in [4.78, 5) is 31.1. The van der Waals surface area contributed by atoms with Gasteiger partial charge < -0.3 is 9.67 Å². The molecular weight excluding hydrogens is 360 g/mol. The van der Waals surface area contributed by atoms with E-state index >= 15 is 0 Å². The lowest BCUT2D eigenvalue weighted by atomic mass is 10.1. The molecule has 2 aromatic heterocycles. The van der Waals surface area contributed by atoms with Crippen LogP contribution in [0.4, 0.5) is 5.95 Å². The monoisotopic (exact) mass is 384 g/mol. The summed E-state index contributed by atoms with van der Waals surface area (Å²) in [6.45, 7) is 6.58. The summed E-state index contributed by atoms with van der Waals surface area (Å²) in [5.74, 6) is 1.000. The van der Waals surface area contributed by atoms with Crippen molar-refractivity contribution in [2.75, 3.05) is 5.43 Å². The SMILES string of the molecule is CC(=NNc1nc2c(c(=O)[nH]c(=O)n2C)n1CCC(C)C)c1ccc(O)cc1. The van der Waals surface area contributed by atoms with Gasteiger partial charge in [0.1, 0.15) is 5.75 Å². The Labute approximate surface area is 161 Å². The molecule has 0 fully saturated rings. The number of aromatic amines is 1. The highest BCUT2D eigenvalue weighted by molar-refractivity contribution is 5.99. The smallest absolute Gasteiger partial charge is 0.329 e. The second-order valence-corrected chi connectivity index (χ2v) is 7.12. The predicted molar refractivity (Wildman–Crippen MR) is 109 cm³/mol. The highest BCUT2D eigenvalue weighted by Crippen LogP contribution is 2.18. The number of nitrogens with zero attached hydrogens (tertiary/aromatic N) is 4. The molecule has 2 heterocycles. The highest BCUT2D eigenvalue weighted by atomic mass is 16.3. The number of hydrazone groups is 1. The molecule has 148 valence electrons. The van der Waals surface area contributed by atoms with E-state index in [0.29, 0.717) is 35.3 Å². The summed E-state index contributed by atoms with van der Waals surface area (Å²) in [5, 5.41) is 13.8. The fourth-order valence-electron chi connectivity index (χ4n) is 2.83. The summed E-state index contributed by atoms with van der Waals surface area (Å²) in [7, 11) is 1.56. The van der Waals surface area contributed by atoms with E-state index in [0.717, 1.165) is 12.0 Å². The number of nitrogens with one attached hydrogen (secondary N) is 2. The lowest BCUT2D eigenvalue weighted by molar-refractivity contribution is 0.475. The Balaban J connectivity index is 2.05. The van der Waals surface area contributed by atoms with Gasteiger partial charge in [0.15, 0.2) is 11.2 Å². The lowest BCUT2D eigenvalue weighted by Crippen LogP contribution is -2.29. The zero-order valence-corrected chi connectivity index (χ0v) is 16.4. The van der Waals surface area contributed by atoms with E-state index < -0.39 is 11.2 Å². The maximum absolute atomic E-state index is 12.4. The van der Waals surface area contributed by atoms with Gasteiger partial charge in [-0.1, -0.05) is 13.8 Å². The van der Waals surface area contributed by atoms with Crippen molar-refractivity contribution in [3.8, 4) is 5.75 Å². The molecule has 28 heavy (non-hydrogen) atoms. The van der Waals surface area contributed by atoms with Crippen LogP contribution in [0.25, 0.3) is 11.2 Å². The molecule has 0 atom stereocenters. The van der Waals surface area contributed by atoms with Crippen LogP contribution in [0.1, 0.15) is 32.8 Å². The van der Waals surface area contributed by atoms with E-state index in [1.165, 1.54) is 4.57 Å². The Hall–Kier alpha value is -3.36. The molecule has 3 rings (SSSR count). The van der Waals surface area contributed by atoms with Crippen LogP contribution in [0.2, 0.25) is 0 Å². The van der Waals surface area contributed by atoms with E-state index in [4.69, 9.17) is 0 Å². The molecule has 3 N–H and O–H groups in total. The third-order valence-corrected chi connectivity index (χ3v) is 4.55. The maximum Gasteiger partial charge on any atom is 0.329 e. The number of H-pyrrole nitrogens is 1. The van der Waals surface area contributed by atoms with Gasteiger partial charge in [-0.3, -0.25) is 14.3 Å². The van der Waals surface area contributed by atoms with Crippen LogP contribution in [-0.2, 0) is 13.6 Å². The number of phenolic OH excluding ortho intramolecular Hbond substituents is 1. The van der Waals surface area contributed by atoms with Crippen LogP contribution in [0, 0.1) is 5.92 Å². The molecule has 0 unspecified atom stereocenters. The predicted octanol–water partition coefficient (Wildman–Crippen LogP) is 2.01. The Morgan fingerprint density at radius 2 is 1.96 bits per heavy atom. The molecule has 0 saturated heterocycles. The van der Waals surface area contributed by atoms with Crippen molar-refractivity contribution in [1.82, 2.24) is 19.1 Å². The number of hydrogen-bond donors (Lipinski definition) is 3. The first-order chi connectivity index (χ1) is 13.3. The fourth-order valence-corrected chi connectivity index (χ4v) is 2.83. The first-order valence-electron chi connectivity index (χ1n) is 9.07. The first-order valence-corrected chi connectivity index (χ1v) is 9.07. The second-order valence-electron chi connectivity index (χ2n) is 7.12. The van der Waals surface area contributed by atoms with Crippen LogP contribution >= 0.6 is 0 Å². The van der Waals surface area contributed by atoms with Crippen molar-refractivity contribution in [3.63, 3.8) is 0 Å². The van der Waals surface area contributed by atoms with E-state index in [9.17, 15) is 14.7 Å². The van der Waals surface area contributed by atoms with Gasteiger partial charge in [0.25, 0.3) is 5.56 Å². The molecule has 0 aliphatic heterocycles. The van der Waals surface area contributed by atoms with Gasteiger partial charge in [0.2, 0.25) is 5.95 Å². The van der Waals surface area contributed by atoms with Crippen LogP contribution in [0.3, 0.4) is 0 Å². The number of aromatic hydroxyl groups is 1. The Bertz CT molecular complexity index is 1140. The standard InChI is InChI=1S/C19H24N6O3/c1-11(2)9-10-25-15-16(24(4)19(28)21-17(15)27)20-18(25)23-22-12(3)13-5-7-14(26)8-6-13/h5-8,11,26H,9-10H2,1-4H3,(H,20,23)(H,21,27,28). The van der Waals surface area contributed by atoms with E-state index in [1.807, 2.05) is 6.92 Å². The Morgan fingerprint density at radius 3 is 2.61 bits per heavy atom. The minimum atomic E-state index is -0.513. The van der Waals surface area contributed by atoms with E-state index in [-0.39, 0.29) is 5.75 Å². The largest absolute Gasteiger partial charge is 0.508 e. The highest BCUT2D eigenvalue weighted by Gasteiger charge is 2.17. The van der Waals surface area contributed by atoms with E-state index in [2.05, 4.69) is 34.3 Å². The number of fused-ring (bicyclic) bond motifs is 1. The van der Waals surface area contributed by atoms with Crippen LogP contribution in [0.15, 0.2) is 39.0 Å². The van der Waals surface area contributed by atoms with Gasteiger partial charge in [0, 0.05) is 13.6 Å². The third kappa shape index (κ3) is 3.83. The summed E-state index contributed by atoms with van der Waals surface area (Å²) in [6, 6.07) is 6.68. The number of aromatic nitrogens is 4. The number of rotatable bonds is 6. The van der Waals surface area contributed by atoms with Gasteiger partial charge in [0.05, 0.1) is 5.71 Å². The molecule has 9 heteroatoms. The van der Waals surface area contributed by atoms with Crippen LogP contribution < -0.4 is 16.7 Å². The molecule has 9 nitrogen and oxygen atoms in total. The zero-order valence-electron chi connectivity index (χ0n) is 16.4. The molecule has 0 aliphatic rings. The van der Waals surface area contributed by atoms with Crippen molar-refractivity contribution >= 4 is 22.8 Å². The van der Waals surface area contributed by atoms with Crippen molar-refractivity contribution in [2.45, 2.75) is 33.7 Å². The normalized spacial score (nSPS) is 12.1. The molecule has 0 bridgehead atoms. The number of phenols is 1. The number of hydrogen-bond acceptors (Lipinski definition) is 6. The fraction of sp³-hybridized carbons (Fsp3) is 0.368. The summed E-state index contributed by atoms with van der Waals surface area (Å²) >= 11 is 0. The second kappa shape index (κ2) is 7.71. The van der Waals surface area contributed by atoms with Crippen molar-refractivity contribution in [3.05, 3.63) is 50.7 Å². The molecule has 0 aliphatic carbocycles. The van der Waals surface area contributed by atoms with Crippen molar-refractivity contribution in [2.24, 2.45) is 18.1 Å². The van der Waals surface area contributed by atoms with Gasteiger partial charge >= 0.3 is 5.69 Å². The van der Waals surface area contributed by atoms with Crippen molar-refractivity contribution in [1.29, 1.82) is 0 Å². The first kappa shape index (κ1) is 19.4. The van der Waals surface area contributed by atoms with Gasteiger partial charge in [-0.25, -0.2) is 10.2 Å². The number of benzene rings is 1. The molecule has 0 radical (unpaired) electrons. The molecular formula is C19H24N6O3. The van der Waals surface area contributed by atoms with Crippen LogP contribution in [0.5, 0.6) is 5.75 Å². The zero-order chi connectivity index (χ0) is 20.4. The molecule has 0 spiro atoms. The minimum Gasteiger partial charge on any atom is -0.508 e. The van der Waals surface area contributed by atoms with Crippen LogP contribution in [-0.4, -0.2) is 29.9 Å². The number of aryl methyl sites for hydroxylation is 2. The van der Waals surface area contributed by atoms with Gasteiger partial charge in [-0.15, -0.1) is 0 Å². The topological polar surface area (TPSA) is 117 Å². The average molecular weight is 384 g/mol. The number of imidazole rings is 1. The third-order valence-electron chi connectivity index (χ3n) is 4.55. The quantitative estimate of drug-likeness (QED) is 0.444. The maximum atomic E-state index is 12.4. The Kier molecular flexibility index (Phi) is 5.34. The molecule has 1 aromatic carbocycles. The van der Waals surface area contributed by atoms with Gasteiger partial charge in [-0.2, -0.15) is 10.1 Å². The van der Waals surface area contributed by atoms with Gasteiger partial charge in [-0.05, 0) is 49.1 Å². The number of anilines is 1. The Morgan fingerprint density at radius 1 is 1.29 bits per heavy atom. The lowest BCUT2D eigenvalue weighted by Gasteiger charge is -2.10. The van der Waals surface area contributed by atoms with E-state index in [1.54, 1.807) is 35.9 Å².